The van der Waals surface area contributed by atoms with Crippen LogP contribution < -0.4 is 16.4 Å². The number of nitrogens with one attached hydrogen (secondary N) is 2. The average Bonchev–Trinajstić information content (AvgIpc) is 2.97. The van der Waals surface area contributed by atoms with E-state index in [1.807, 2.05) is 6.08 Å². The van der Waals surface area contributed by atoms with Crippen molar-refractivity contribution in [3.63, 3.8) is 0 Å². The molecule has 2 unspecified atom stereocenters. The number of rotatable bonds is 2. The van der Waals surface area contributed by atoms with Crippen molar-refractivity contribution in [1.29, 1.82) is 0 Å². The number of hydrogen-bond acceptors (Lipinski definition) is 6. The first kappa shape index (κ1) is 11.5. The summed E-state index contributed by atoms with van der Waals surface area (Å²) in [6.45, 7) is -0.359. The first-order valence-electron chi connectivity index (χ1n) is 5.93. The Bertz CT molecular complexity index is 498. The highest BCUT2D eigenvalue weighted by Gasteiger charge is 2.53. The Morgan fingerprint density at radius 1 is 1.56 bits per heavy atom. The van der Waals surface area contributed by atoms with Gasteiger partial charge in [0.2, 0.25) is 0 Å². The zero-order valence-corrected chi connectivity index (χ0v) is 9.81. The van der Waals surface area contributed by atoms with Crippen LogP contribution in [0.15, 0.2) is 21.6 Å². The summed E-state index contributed by atoms with van der Waals surface area (Å²) >= 11 is 0. The van der Waals surface area contributed by atoms with Crippen LogP contribution in [-0.4, -0.2) is 41.1 Å². The van der Waals surface area contributed by atoms with Crippen LogP contribution in [0.3, 0.4) is 0 Å². The zero-order chi connectivity index (χ0) is 12.8. The molecule has 1 aliphatic carbocycles. The fourth-order valence-electron chi connectivity index (χ4n) is 2.63. The average molecular weight is 249 g/mol. The van der Waals surface area contributed by atoms with Gasteiger partial charge in [-0.2, -0.15) is 0 Å². The van der Waals surface area contributed by atoms with Crippen LogP contribution in [0.5, 0.6) is 0 Å². The molecule has 1 fully saturated rings. The molecule has 2 aliphatic heterocycles. The topological polar surface area (TPSA) is 112 Å². The van der Waals surface area contributed by atoms with E-state index < -0.39 is 17.4 Å². The van der Waals surface area contributed by atoms with Crippen LogP contribution in [0.25, 0.3) is 0 Å². The molecule has 18 heavy (non-hydrogen) atoms. The Labute approximate surface area is 104 Å². The first-order valence-corrected chi connectivity index (χ1v) is 5.93. The number of fused-ring (bicyclic) bond motifs is 1. The number of carbonyl (C=O) groups excluding carboxylic acids is 1. The number of aliphatic hydroxyl groups excluding tert-OH is 1. The Morgan fingerprint density at radius 2 is 2.39 bits per heavy atom. The Hall–Kier alpha value is -1.57. The monoisotopic (exact) mass is 249 g/mol. The molecule has 1 amide bonds. The maximum atomic E-state index is 12.0. The van der Waals surface area contributed by atoms with Gasteiger partial charge in [-0.3, -0.25) is 10.5 Å². The van der Waals surface area contributed by atoms with Crippen molar-refractivity contribution in [1.82, 2.24) is 10.6 Å². The first-order chi connectivity index (χ1) is 8.60. The third-order valence-corrected chi connectivity index (χ3v) is 3.56. The zero-order valence-electron chi connectivity index (χ0n) is 9.81. The molecular formula is C11H15N5O2. The van der Waals surface area contributed by atoms with E-state index in [4.69, 9.17) is 5.73 Å². The molecule has 0 aromatic carbocycles. The van der Waals surface area contributed by atoms with Gasteiger partial charge >= 0.3 is 0 Å². The van der Waals surface area contributed by atoms with E-state index in [0.717, 1.165) is 24.8 Å². The second kappa shape index (κ2) is 3.71. The Kier molecular flexibility index (Phi) is 2.37. The summed E-state index contributed by atoms with van der Waals surface area (Å²) in [5, 5.41) is 15.3. The van der Waals surface area contributed by atoms with E-state index in [0.29, 0.717) is 0 Å². The van der Waals surface area contributed by atoms with Crippen molar-refractivity contribution in [2.75, 3.05) is 6.61 Å². The van der Waals surface area contributed by atoms with Crippen LogP contribution in [0.2, 0.25) is 0 Å². The predicted octanol–water partition coefficient (Wildman–Crippen LogP) is -1.40. The van der Waals surface area contributed by atoms with Crippen molar-refractivity contribution in [3.8, 4) is 0 Å². The fourth-order valence-corrected chi connectivity index (χ4v) is 2.63. The molecule has 2 heterocycles. The largest absolute Gasteiger partial charge is 0.392 e. The quantitative estimate of drug-likeness (QED) is 0.451. The summed E-state index contributed by atoms with van der Waals surface area (Å²) < 4.78 is 0. The second-order valence-corrected chi connectivity index (χ2v) is 4.75. The van der Waals surface area contributed by atoms with E-state index >= 15 is 0 Å². The summed E-state index contributed by atoms with van der Waals surface area (Å²) in [5.41, 5.74) is 6.09. The fraction of sp³-hybridized carbons (Fsp3) is 0.545. The molecule has 0 bridgehead atoms. The summed E-state index contributed by atoms with van der Waals surface area (Å²) in [6.07, 6.45) is 6.07. The number of aliphatic hydroxyl groups is 1. The van der Waals surface area contributed by atoms with Crippen molar-refractivity contribution in [2.45, 2.75) is 30.7 Å². The van der Waals surface area contributed by atoms with Crippen molar-refractivity contribution < 1.29 is 9.90 Å². The lowest BCUT2D eigenvalue weighted by Crippen LogP contribution is -2.80. The van der Waals surface area contributed by atoms with Crippen molar-refractivity contribution in [2.24, 2.45) is 15.7 Å². The van der Waals surface area contributed by atoms with Gasteiger partial charge < -0.3 is 10.4 Å². The normalized spacial score (nSPS) is 38.2. The van der Waals surface area contributed by atoms with Gasteiger partial charge in [-0.1, -0.05) is 6.08 Å². The molecule has 7 heteroatoms. The lowest BCUT2D eigenvalue weighted by atomic mass is 9.95. The number of nitrogens with two attached hydrogens (primary N) is 1. The van der Waals surface area contributed by atoms with E-state index in [-0.39, 0.29) is 12.3 Å². The summed E-state index contributed by atoms with van der Waals surface area (Å²) in [6, 6.07) is 0. The smallest absolute Gasteiger partial charge is 0.272 e. The van der Waals surface area contributed by atoms with Gasteiger partial charge in [0.1, 0.15) is 6.34 Å². The van der Waals surface area contributed by atoms with Crippen LogP contribution >= 0.6 is 0 Å². The molecule has 0 aromatic heterocycles. The minimum absolute atomic E-state index is 0.157. The number of amides is 1. The van der Waals surface area contributed by atoms with Crippen LogP contribution in [0.4, 0.5) is 0 Å². The molecule has 0 radical (unpaired) electrons. The number of nitrogens with zero attached hydrogens (tertiary/aromatic N) is 2. The number of hydrogen-bond donors (Lipinski definition) is 4. The van der Waals surface area contributed by atoms with Crippen molar-refractivity contribution in [3.05, 3.63) is 11.6 Å². The van der Waals surface area contributed by atoms with E-state index in [1.165, 1.54) is 6.34 Å². The summed E-state index contributed by atoms with van der Waals surface area (Å²) in [5.74, 6) is -1.55. The molecule has 0 aromatic rings. The molecule has 1 saturated heterocycles. The van der Waals surface area contributed by atoms with Crippen LogP contribution in [0.1, 0.15) is 19.3 Å². The van der Waals surface area contributed by atoms with Crippen molar-refractivity contribution >= 4 is 18.0 Å². The van der Waals surface area contributed by atoms with Crippen LogP contribution in [0, 0.1) is 0 Å². The Balaban J connectivity index is 1.99. The number of carbonyl (C=O) groups is 1. The van der Waals surface area contributed by atoms with Gasteiger partial charge in [-0.15, -0.1) is 0 Å². The van der Waals surface area contributed by atoms with E-state index in [2.05, 4.69) is 20.6 Å². The van der Waals surface area contributed by atoms with E-state index in [9.17, 15) is 9.90 Å². The molecular weight excluding hydrogens is 234 g/mol. The molecule has 3 aliphatic rings. The third-order valence-electron chi connectivity index (χ3n) is 3.56. The molecule has 0 saturated carbocycles. The molecule has 0 spiro atoms. The molecule has 2 atom stereocenters. The minimum atomic E-state index is -1.21. The molecule has 96 valence electrons. The van der Waals surface area contributed by atoms with Gasteiger partial charge in [0.25, 0.3) is 5.91 Å². The highest BCUT2D eigenvalue weighted by atomic mass is 16.3. The number of allylic oxidation sites excluding steroid dienone is 1. The van der Waals surface area contributed by atoms with Gasteiger partial charge in [0.05, 0.1) is 6.61 Å². The summed E-state index contributed by atoms with van der Waals surface area (Å²) in [7, 11) is 0. The van der Waals surface area contributed by atoms with Gasteiger partial charge in [-0.05, 0) is 24.8 Å². The lowest BCUT2D eigenvalue weighted by molar-refractivity contribution is -0.118. The van der Waals surface area contributed by atoms with E-state index in [1.54, 1.807) is 0 Å². The standard InChI is InChI=1S/C11H15N5O2/c12-11(7-3-1-2-4-7)15-9(18)8-10(5-17,16-11)14-6-13-8/h3,6,16-17H,1-2,4-5,12H2,(H,15,18). The molecule has 3 rings (SSSR count). The number of aliphatic imine (C=N–C) groups is 2. The maximum absolute atomic E-state index is 12.0. The summed E-state index contributed by atoms with van der Waals surface area (Å²) in [4.78, 5) is 20.0. The van der Waals surface area contributed by atoms with Gasteiger partial charge in [-0.25, -0.2) is 15.3 Å². The maximum Gasteiger partial charge on any atom is 0.272 e. The predicted molar refractivity (Wildman–Crippen MR) is 65.9 cm³/mol. The molecule has 5 N–H and O–H groups in total. The highest BCUT2D eigenvalue weighted by molar-refractivity contribution is 6.45. The molecule has 7 nitrogen and oxygen atoms in total. The van der Waals surface area contributed by atoms with Crippen LogP contribution in [-0.2, 0) is 4.79 Å². The second-order valence-electron chi connectivity index (χ2n) is 4.75. The third kappa shape index (κ3) is 1.45. The minimum Gasteiger partial charge on any atom is -0.392 e. The SMILES string of the molecule is NC1(C2=CCCC2)NC(=O)C2=NC=NC2(CO)N1. The van der Waals surface area contributed by atoms with Gasteiger partial charge in [0, 0.05) is 0 Å². The van der Waals surface area contributed by atoms with Gasteiger partial charge in [0.15, 0.2) is 17.2 Å². The highest BCUT2D eigenvalue weighted by Crippen LogP contribution is 2.29. The Morgan fingerprint density at radius 3 is 3.06 bits per heavy atom. The lowest BCUT2D eigenvalue weighted by Gasteiger charge is -2.44.